The smallest absolute Gasteiger partial charge is 0.230 e. The van der Waals surface area contributed by atoms with E-state index in [1.807, 2.05) is 35.9 Å². The Bertz CT molecular complexity index is 747. The number of rotatable bonds is 6. The molecular weight excluding hydrogens is 340 g/mol. The molecule has 1 aromatic heterocycles. The highest BCUT2D eigenvalue weighted by atomic mass is 32.2. The van der Waals surface area contributed by atoms with Crippen LogP contribution in [0.2, 0.25) is 0 Å². The first-order chi connectivity index (χ1) is 12.0. The van der Waals surface area contributed by atoms with Crippen molar-refractivity contribution in [2.45, 2.75) is 25.1 Å². The number of aromatic nitrogens is 3. The second-order valence-electron chi connectivity index (χ2n) is 6.25. The number of fused-ring (bicyclic) bond motifs is 1. The lowest BCUT2D eigenvalue weighted by atomic mass is 10.2. The van der Waals surface area contributed by atoms with Gasteiger partial charge in [0.2, 0.25) is 5.91 Å². The fourth-order valence-corrected chi connectivity index (χ4v) is 3.13. The molecule has 25 heavy (non-hydrogen) atoms. The number of benzene rings is 1. The van der Waals surface area contributed by atoms with Crippen LogP contribution in [0.3, 0.4) is 0 Å². The maximum absolute atomic E-state index is 11.8. The largest absolute Gasteiger partial charge is 0.485 e. The van der Waals surface area contributed by atoms with Gasteiger partial charge in [-0.05, 0) is 18.1 Å². The van der Waals surface area contributed by atoms with E-state index >= 15 is 0 Å². The van der Waals surface area contributed by atoms with Crippen LogP contribution in [0, 0.1) is 5.92 Å². The highest BCUT2D eigenvalue weighted by molar-refractivity contribution is 7.99. The minimum absolute atomic E-state index is 0.00516. The summed E-state index contributed by atoms with van der Waals surface area (Å²) >= 11 is 1.36. The molecule has 1 aliphatic heterocycles. The number of nitrogens with zero attached hydrogens (tertiary/aromatic N) is 3. The van der Waals surface area contributed by atoms with Crippen LogP contribution in [-0.4, -0.2) is 39.6 Å². The van der Waals surface area contributed by atoms with Crippen molar-refractivity contribution in [2.75, 3.05) is 18.9 Å². The molecule has 3 rings (SSSR count). The molecule has 2 aromatic rings. The van der Waals surface area contributed by atoms with Gasteiger partial charge in [0.15, 0.2) is 28.6 Å². The van der Waals surface area contributed by atoms with Gasteiger partial charge in [-0.2, -0.15) is 0 Å². The van der Waals surface area contributed by atoms with Gasteiger partial charge in [-0.25, -0.2) is 0 Å². The van der Waals surface area contributed by atoms with Crippen molar-refractivity contribution in [3.63, 3.8) is 0 Å². The first kappa shape index (κ1) is 17.6. The molecule has 0 bridgehead atoms. The Morgan fingerprint density at radius 3 is 2.88 bits per heavy atom. The molecule has 0 saturated carbocycles. The van der Waals surface area contributed by atoms with Crippen molar-refractivity contribution >= 4 is 17.7 Å². The fraction of sp³-hybridized carbons (Fsp3) is 0.471. The van der Waals surface area contributed by atoms with Crippen LogP contribution in [0.5, 0.6) is 11.5 Å². The molecule has 0 fully saturated rings. The first-order valence-electron chi connectivity index (χ1n) is 8.22. The monoisotopic (exact) mass is 362 g/mol. The van der Waals surface area contributed by atoms with Crippen molar-refractivity contribution in [2.24, 2.45) is 13.0 Å². The normalized spacial score (nSPS) is 16.1. The summed E-state index contributed by atoms with van der Waals surface area (Å²) in [6.07, 6.45) is -0.323. The summed E-state index contributed by atoms with van der Waals surface area (Å²) in [6, 6.07) is 7.55. The van der Waals surface area contributed by atoms with Crippen LogP contribution >= 0.6 is 11.8 Å². The minimum atomic E-state index is -0.323. The van der Waals surface area contributed by atoms with E-state index in [0.717, 1.165) is 5.75 Å². The highest BCUT2D eigenvalue weighted by Gasteiger charge is 2.27. The molecule has 8 heteroatoms. The Kier molecular flexibility index (Phi) is 5.47. The summed E-state index contributed by atoms with van der Waals surface area (Å²) in [5.41, 5.74) is 0. The zero-order chi connectivity index (χ0) is 17.8. The van der Waals surface area contributed by atoms with Gasteiger partial charge in [0.1, 0.15) is 6.61 Å². The molecule has 0 saturated heterocycles. The van der Waals surface area contributed by atoms with Crippen molar-refractivity contribution in [1.29, 1.82) is 0 Å². The van der Waals surface area contributed by atoms with Crippen LogP contribution in [0.4, 0.5) is 0 Å². The summed E-state index contributed by atoms with van der Waals surface area (Å²) < 4.78 is 13.5. The van der Waals surface area contributed by atoms with E-state index < -0.39 is 0 Å². The van der Waals surface area contributed by atoms with Crippen LogP contribution in [0.25, 0.3) is 0 Å². The maximum atomic E-state index is 11.8. The predicted octanol–water partition coefficient (Wildman–Crippen LogP) is 2.19. The highest BCUT2D eigenvalue weighted by Crippen LogP contribution is 2.35. The second kappa shape index (κ2) is 7.77. The van der Waals surface area contributed by atoms with Gasteiger partial charge in [0.25, 0.3) is 0 Å². The first-order valence-corrected chi connectivity index (χ1v) is 9.20. The molecule has 0 spiro atoms. The summed E-state index contributed by atoms with van der Waals surface area (Å²) in [7, 11) is 1.87. The Morgan fingerprint density at radius 2 is 2.12 bits per heavy atom. The Balaban J connectivity index is 1.61. The topological polar surface area (TPSA) is 78.3 Å². The molecule has 0 radical (unpaired) electrons. The summed E-state index contributed by atoms with van der Waals surface area (Å²) in [5, 5.41) is 12.0. The third-order valence-electron chi connectivity index (χ3n) is 3.71. The van der Waals surface area contributed by atoms with Gasteiger partial charge < -0.3 is 19.4 Å². The molecule has 134 valence electrons. The number of carbonyl (C=O) groups is 1. The van der Waals surface area contributed by atoms with E-state index in [4.69, 9.17) is 9.47 Å². The Hall–Kier alpha value is -2.22. The van der Waals surface area contributed by atoms with Gasteiger partial charge in [-0.3, -0.25) is 4.79 Å². The number of hydrogen-bond donors (Lipinski definition) is 1. The molecule has 1 atom stereocenters. The Labute approximate surface area is 151 Å². The number of hydrogen-bond acceptors (Lipinski definition) is 6. The molecule has 1 amide bonds. The third-order valence-corrected chi connectivity index (χ3v) is 4.73. The van der Waals surface area contributed by atoms with E-state index in [0.29, 0.717) is 41.6 Å². The standard InChI is InChI=1S/C17H22N4O3S/c1-11(2)8-18-15(22)10-25-17-20-19-16(21(17)3)14-9-23-12-6-4-5-7-13(12)24-14/h4-7,11,14H,8-10H2,1-3H3,(H,18,22). The quantitative estimate of drug-likeness (QED) is 0.794. The van der Waals surface area contributed by atoms with Gasteiger partial charge in [-0.15, -0.1) is 10.2 Å². The SMILES string of the molecule is CC(C)CNC(=O)CSc1nnc(C2COc3ccccc3O2)n1C. The number of carbonyl (C=O) groups excluding carboxylic acids is 1. The van der Waals surface area contributed by atoms with E-state index in [-0.39, 0.29) is 12.0 Å². The molecule has 1 N–H and O–H groups in total. The number of para-hydroxylation sites is 2. The molecule has 1 unspecified atom stereocenters. The van der Waals surface area contributed by atoms with Crippen LogP contribution in [0.15, 0.2) is 29.4 Å². The van der Waals surface area contributed by atoms with Gasteiger partial charge in [0, 0.05) is 13.6 Å². The summed E-state index contributed by atoms with van der Waals surface area (Å²) in [6.45, 7) is 5.18. The van der Waals surface area contributed by atoms with Crippen molar-refractivity contribution < 1.29 is 14.3 Å². The molecular formula is C17H22N4O3S. The molecule has 7 nitrogen and oxygen atoms in total. The molecule has 0 aliphatic carbocycles. The maximum Gasteiger partial charge on any atom is 0.230 e. The van der Waals surface area contributed by atoms with E-state index in [1.54, 1.807) is 0 Å². The number of ether oxygens (including phenoxy) is 2. The number of thioether (sulfide) groups is 1. The lowest BCUT2D eigenvalue weighted by molar-refractivity contribution is -0.118. The molecule has 2 heterocycles. The van der Waals surface area contributed by atoms with Crippen molar-refractivity contribution in [1.82, 2.24) is 20.1 Å². The van der Waals surface area contributed by atoms with E-state index in [1.165, 1.54) is 11.8 Å². The number of nitrogens with one attached hydrogen (secondary N) is 1. The van der Waals surface area contributed by atoms with Crippen molar-refractivity contribution in [3.8, 4) is 11.5 Å². The third kappa shape index (κ3) is 4.25. The van der Waals surface area contributed by atoms with Crippen LogP contribution < -0.4 is 14.8 Å². The summed E-state index contributed by atoms with van der Waals surface area (Å²) in [5.74, 6) is 2.85. The molecule has 1 aromatic carbocycles. The zero-order valence-electron chi connectivity index (χ0n) is 14.6. The van der Waals surface area contributed by atoms with E-state index in [9.17, 15) is 4.79 Å². The lowest BCUT2D eigenvalue weighted by Gasteiger charge is -2.25. The Morgan fingerprint density at radius 1 is 1.36 bits per heavy atom. The van der Waals surface area contributed by atoms with Gasteiger partial charge >= 0.3 is 0 Å². The fourth-order valence-electron chi connectivity index (χ4n) is 2.38. The van der Waals surface area contributed by atoms with Crippen LogP contribution in [0.1, 0.15) is 25.8 Å². The minimum Gasteiger partial charge on any atom is -0.485 e. The van der Waals surface area contributed by atoms with E-state index in [2.05, 4.69) is 29.4 Å². The summed E-state index contributed by atoms with van der Waals surface area (Å²) in [4.78, 5) is 11.8. The van der Waals surface area contributed by atoms with Gasteiger partial charge in [0.05, 0.1) is 5.75 Å². The zero-order valence-corrected chi connectivity index (χ0v) is 15.4. The average molecular weight is 362 g/mol. The van der Waals surface area contributed by atoms with Crippen molar-refractivity contribution in [3.05, 3.63) is 30.1 Å². The molecule has 1 aliphatic rings. The van der Waals surface area contributed by atoms with Gasteiger partial charge in [-0.1, -0.05) is 37.7 Å². The number of amides is 1. The van der Waals surface area contributed by atoms with Crippen LogP contribution in [-0.2, 0) is 11.8 Å². The lowest BCUT2D eigenvalue weighted by Crippen LogP contribution is -2.28. The predicted molar refractivity (Wildman–Crippen MR) is 94.9 cm³/mol. The average Bonchev–Trinajstić information content (AvgIpc) is 2.98. The second-order valence-corrected chi connectivity index (χ2v) is 7.19.